The highest BCUT2D eigenvalue weighted by Crippen LogP contribution is 2.32. The van der Waals surface area contributed by atoms with Gasteiger partial charge in [0, 0.05) is 23.1 Å². The van der Waals surface area contributed by atoms with Crippen LogP contribution in [-0.2, 0) is 16.1 Å². The summed E-state index contributed by atoms with van der Waals surface area (Å²) in [6.45, 7) is 3.02. The molecule has 33 heavy (non-hydrogen) atoms. The van der Waals surface area contributed by atoms with Gasteiger partial charge in [0.2, 0.25) is 0 Å². The zero-order chi connectivity index (χ0) is 23.2. The van der Waals surface area contributed by atoms with E-state index in [2.05, 4.69) is 10.1 Å². The molecule has 3 aromatic carbocycles. The van der Waals surface area contributed by atoms with Crippen molar-refractivity contribution in [2.75, 3.05) is 20.3 Å². The summed E-state index contributed by atoms with van der Waals surface area (Å²) in [5.74, 6) is 0.156. The van der Waals surface area contributed by atoms with E-state index in [-0.39, 0.29) is 18.3 Å². The average Bonchev–Trinajstić information content (AvgIpc) is 2.84. The van der Waals surface area contributed by atoms with E-state index in [1.165, 1.54) is 19.2 Å². The Hall–Kier alpha value is -3.77. The number of para-hydroxylation sites is 1. The molecule has 168 valence electrons. The molecule has 4 rings (SSSR count). The minimum atomic E-state index is -0.359. The van der Waals surface area contributed by atoms with Crippen molar-refractivity contribution in [2.45, 2.75) is 13.5 Å². The molecule has 0 aliphatic carbocycles. The Balaban J connectivity index is 1.68. The molecule has 6 heteroatoms. The third-order valence-corrected chi connectivity index (χ3v) is 5.35. The second-order valence-electron chi connectivity index (χ2n) is 7.51. The summed E-state index contributed by atoms with van der Waals surface area (Å²) in [7, 11) is 1.34. The van der Waals surface area contributed by atoms with Crippen LogP contribution >= 0.6 is 0 Å². The van der Waals surface area contributed by atoms with Crippen LogP contribution in [0.2, 0.25) is 0 Å². The number of benzene rings is 3. The van der Waals surface area contributed by atoms with E-state index in [1.807, 2.05) is 61.5 Å². The molecule has 1 N–H and O–H groups in total. The number of esters is 1. The number of aromatic nitrogens is 1. The lowest BCUT2D eigenvalue weighted by molar-refractivity contribution is -0.139. The Morgan fingerprint density at radius 3 is 2.52 bits per heavy atom. The van der Waals surface area contributed by atoms with Crippen LogP contribution in [0.25, 0.3) is 33.3 Å². The topological polar surface area (TPSA) is 60.5 Å². The molecule has 0 saturated carbocycles. The Bertz CT molecular complexity index is 1270. The molecule has 0 bridgehead atoms. The van der Waals surface area contributed by atoms with Crippen LogP contribution in [-0.4, -0.2) is 31.2 Å². The van der Waals surface area contributed by atoms with Gasteiger partial charge in [-0.15, -0.1) is 0 Å². The SMILES string of the molecule is CCOc1ccccc1-c1ccc(-c2cc(CNCC(=O)OC)c3cc(F)ccc3n2)cc1. The summed E-state index contributed by atoms with van der Waals surface area (Å²) < 4.78 is 24.3. The van der Waals surface area contributed by atoms with Gasteiger partial charge in [-0.2, -0.15) is 0 Å². The quantitative estimate of drug-likeness (QED) is 0.370. The Morgan fingerprint density at radius 2 is 1.76 bits per heavy atom. The van der Waals surface area contributed by atoms with E-state index < -0.39 is 0 Å². The monoisotopic (exact) mass is 444 g/mol. The summed E-state index contributed by atoms with van der Waals surface area (Å²) >= 11 is 0. The maximum absolute atomic E-state index is 13.9. The molecule has 0 atom stereocenters. The van der Waals surface area contributed by atoms with E-state index in [0.29, 0.717) is 24.1 Å². The number of carbonyl (C=O) groups excluding carboxylic acids is 1. The molecule has 0 unspecified atom stereocenters. The zero-order valence-corrected chi connectivity index (χ0v) is 18.6. The number of methoxy groups -OCH3 is 1. The molecule has 0 amide bonds. The molecule has 4 aromatic rings. The summed E-state index contributed by atoms with van der Waals surface area (Å²) in [4.78, 5) is 16.2. The highest BCUT2D eigenvalue weighted by molar-refractivity contribution is 5.85. The van der Waals surface area contributed by atoms with Crippen molar-refractivity contribution in [1.29, 1.82) is 0 Å². The van der Waals surface area contributed by atoms with Gasteiger partial charge in [-0.25, -0.2) is 9.37 Å². The molecule has 0 fully saturated rings. The van der Waals surface area contributed by atoms with E-state index in [0.717, 1.165) is 33.7 Å². The lowest BCUT2D eigenvalue weighted by Gasteiger charge is -2.12. The minimum absolute atomic E-state index is 0.0684. The first kappa shape index (κ1) is 22.4. The van der Waals surface area contributed by atoms with Crippen molar-refractivity contribution in [2.24, 2.45) is 0 Å². The molecule has 5 nitrogen and oxygen atoms in total. The third-order valence-electron chi connectivity index (χ3n) is 5.35. The number of nitrogens with zero attached hydrogens (tertiary/aromatic N) is 1. The highest BCUT2D eigenvalue weighted by atomic mass is 19.1. The first-order chi connectivity index (χ1) is 16.1. The van der Waals surface area contributed by atoms with Gasteiger partial charge in [0.05, 0.1) is 31.5 Å². The molecular formula is C27H25FN2O3. The van der Waals surface area contributed by atoms with Crippen LogP contribution in [0.5, 0.6) is 5.75 Å². The van der Waals surface area contributed by atoms with Crippen molar-refractivity contribution in [3.05, 3.63) is 84.2 Å². The van der Waals surface area contributed by atoms with Crippen LogP contribution in [0.1, 0.15) is 12.5 Å². The van der Waals surface area contributed by atoms with E-state index >= 15 is 0 Å². The fourth-order valence-electron chi connectivity index (χ4n) is 3.74. The van der Waals surface area contributed by atoms with Gasteiger partial charge in [0.15, 0.2) is 0 Å². The summed E-state index contributed by atoms with van der Waals surface area (Å²) in [6.07, 6.45) is 0. The molecule has 0 radical (unpaired) electrons. The fraction of sp³-hybridized carbons (Fsp3) is 0.185. The number of fused-ring (bicyclic) bond motifs is 1. The smallest absolute Gasteiger partial charge is 0.319 e. The summed E-state index contributed by atoms with van der Waals surface area (Å²) in [5.41, 5.74) is 5.33. The molecule has 0 aliphatic heterocycles. The number of carbonyl (C=O) groups is 1. The van der Waals surface area contributed by atoms with Crippen LogP contribution in [0, 0.1) is 5.82 Å². The Labute approximate surface area is 192 Å². The summed E-state index contributed by atoms with van der Waals surface area (Å²) in [5, 5.41) is 3.76. The van der Waals surface area contributed by atoms with Gasteiger partial charge < -0.3 is 14.8 Å². The van der Waals surface area contributed by atoms with Gasteiger partial charge in [-0.1, -0.05) is 42.5 Å². The van der Waals surface area contributed by atoms with E-state index in [4.69, 9.17) is 9.72 Å². The number of rotatable bonds is 8. The van der Waals surface area contributed by atoms with E-state index in [1.54, 1.807) is 6.07 Å². The van der Waals surface area contributed by atoms with Crippen LogP contribution < -0.4 is 10.1 Å². The Morgan fingerprint density at radius 1 is 1.00 bits per heavy atom. The second kappa shape index (κ2) is 10.2. The number of nitrogens with one attached hydrogen (secondary N) is 1. The first-order valence-corrected chi connectivity index (χ1v) is 10.8. The highest BCUT2D eigenvalue weighted by Gasteiger charge is 2.11. The third kappa shape index (κ3) is 5.18. The number of ether oxygens (including phenoxy) is 2. The van der Waals surface area contributed by atoms with Gasteiger partial charge in [-0.3, -0.25) is 4.79 Å². The number of pyridine rings is 1. The van der Waals surface area contributed by atoms with Crippen molar-refractivity contribution in [3.63, 3.8) is 0 Å². The van der Waals surface area contributed by atoms with Crippen LogP contribution in [0.4, 0.5) is 4.39 Å². The number of halogens is 1. The minimum Gasteiger partial charge on any atom is -0.493 e. The van der Waals surface area contributed by atoms with Gasteiger partial charge in [0.25, 0.3) is 0 Å². The maximum atomic E-state index is 13.9. The molecule has 0 spiro atoms. The molecule has 1 aromatic heterocycles. The van der Waals surface area contributed by atoms with Crippen molar-refractivity contribution in [1.82, 2.24) is 10.3 Å². The van der Waals surface area contributed by atoms with Crippen molar-refractivity contribution in [3.8, 4) is 28.1 Å². The number of hydrogen-bond donors (Lipinski definition) is 1. The average molecular weight is 445 g/mol. The summed E-state index contributed by atoms with van der Waals surface area (Å²) in [6, 6.07) is 22.5. The van der Waals surface area contributed by atoms with Crippen LogP contribution in [0.15, 0.2) is 72.8 Å². The molecular weight excluding hydrogens is 419 g/mol. The maximum Gasteiger partial charge on any atom is 0.319 e. The molecule has 0 saturated heterocycles. The van der Waals surface area contributed by atoms with Gasteiger partial charge in [-0.05, 0) is 48.4 Å². The van der Waals surface area contributed by atoms with Crippen molar-refractivity contribution < 1.29 is 18.7 Å². The van der Waals surface area contributed by atoms with Gasteiger partial charge >= 0.3 is 5.97 Å². The largest absolute Gasteiger partial charge is 0.493 e. The molecule has 0 aliphatic rings. The first-order valence-electron chi connectivity index (χ1n) is 10.8. The van der Waals surface area contributed by atoms with Crippen molar-refractivity contribution >= 4 is 16.9 Å². The number of hydrogen-bond acceptors (Lipinski definition) is 5. The zero-order valence-electron chi connectivity index (χ0n) is 18.6. The Kier molecular flexibility index (Phi) is 6.95. The predicted molar refractivity (Wildman–Crippen MR) is 127 cm³/mol. The normalized spacial score (nSPS) is 10.9. The molecule has 1 heterocycles. The standard InChI is InChI=1S/C27H25FN2O3/c1-3-33-26-7-5-4-6-22(26)18-8-10-19(11-9-18)25-14-20(16-29-17-27(31)32-2)23-15-21(28)12-13-24(23)30-25/h4-15,29H,3,16-17H2,1-2H3. The van der Waals surface area contributed by atoms with Gasteiger partial charge in [0.1, 0.15) is 11.6 Å². The predicted octanol–water partition coefficient (Wildman–Crippen LogP) is 5.37. The fourth-order valence-corrected chi connectivity index (χ4v) is 3.74. The van der Waals surface area contributed by atoms with E-state index in [9.17, 15) is 9.18 Å². The second-order valence-corrected chi connectivity index (χ2v) is 7.51. The lowest BCUT2D eigenvalue weighted by atomic mass is 10.00. The lowest BCUT2D eigenvalue weighted by Crippen LogP contribution is -2.23. The van der Waals surface area contributed by atoms with Crippen LogP contribution in [0.3, 0.4) is 0 Å².